The van der Waals surface area contributed by atoms with Gasteiger partial charge in [-0.25, -0.2) is 4.98 Å². The molecule has 1 atom stereocenters. The second kappa shape index (κ2) is 7.05. The van der Waals surface area contributed by atoms with Crippen LogP contribution in [0.1, 0.15) is 26.1 Å². The number of imidazole rings is 1. The van der Waals surface area contributed by atoms with E-state index in [2.05, 4.69) is 68.0 Å². The molecular weight excluding hydrogens is 260 g/mol. The van der Waals surface area contributed by atoms with Gasteiger partial charge in [-0.15, -0.1) is 0 Å². The van der Waals surface area contributed by atoms with Gasteiger partial charge in [0.1, 0.15) is 5.82 Å². The summed E-state index contributed by atoms with van der Waals surface area (Å²) in [5.74, 6) is 1.80. The largest absolute Gasteiger partial charge is 0.330 e. The number of nitrogens with zero attached hydrogens (tertiary/aromatic N) is 3. The molecule has 0 spiro atoms. The van der Waals surface area contributed by atoms with E-state index in [4.69, 9.17) is 4.98 Å². The third-order valence-electron chi connectivity index (χ3n) is 3.77. The number of nitrogens with one attached hydrogen (secondary N) is 1. The van der Waals surface area contributed by atoms with E-state index < -0.39 is 0 Å². The van der Waals surface area contributed by atoms with Crippen molar-refractivity contribution in [2.75, 3.05) is 20.6 Å². The fourth-order valence-corrected chi connectivity index (χ4v) is 2.82. The zero-order valence-corrected chi connectivity index (χ0v) is 13.9. The smallest absolute Gasteiger partial charge is 0.123 e. The number of hydrogen-bond donors (Lipinski definition) is 1. The normalized spacial score (nSPS) is 13.5. The Bertz CT molecular complexity index is 561. The molecule has 2 rings (SSSR count). The average molecular weight is 288 g/mol. The molecule has 0 saturated carbocycles. The fraction of sp³-hybridized carbons (Fsp3) is 0.588. The first kappa shape index (κ1) is 16.0. The molecule has 1 aromatic carbocycles. The zero-order chi connectivity index (χ0) is 15.4. The van der Waals surface area contributed by atoms with Gasteiger partial charge in [0.15, 0.2) is 0 Å². The van der Waals surface area contributed by atoms with Crippen molar-refractivity contribution in [1.29, 1.82) is 0 Å². The van der Waals surface area contributed by atoms with E-state index in [0.717, 1.165) is 24.4 Å². The molecule has 1 heterocycles. The first-order valence-electron chi connectivity index (χ1n) is 7.75. The van der Waals surface area contributed by atoms with E-state index in [-0.39, 0.29) is 0 Å². The van der Waals surface area contributed by atoms with Crippen molar-refractivity contribution in [3.63, 3.8) is 0 Å². The van der Waals surface area contributed by atoms with E-state index in [0.29, 0.717) is 12.0 Å². The lowest BCUT2D eigenvalue weighted by Crippen LogP contribution is -2.39. The van der Waals surface area contributed by atoms with E-state index in [1.54, 1.807) is 0 Å². The van der Waals surface area contributed by atoms with Gasteiger partial charge in [0, 0.05) is 19.6 Å². The molecule has 1 aromatic heterocycles. The molecule has 2 aromatic rings. The zero-order valence-electron chi connectivity index (χ0n) is 13.9. The van der Waals surface area contributed by atoms with Crippen molar-refractivity contribution in [3.05, 3.63) is 30.1 Å². The third-order valence-corrected chi connectivity index (χ3v) is 3.77. The average Bonchev–Trinajstić information content (AvgIpc) is 2.72. The molecule has 4 nitrogen and oxygen atoms in total. The van der Waals surface area contributed by atoms with E-state index in [1.165, 1.54) is 11.9 Å². The van der Waals surface area contributed by atoms with Gasteiger partial charge in [-0.1, -0.05) is 26.0 Å². The van der Waals surface area contributed by atoms with Crippen LogP contribution in [0.5, 0.6) is 0 Å². The summed E-state index contributed by atoms with van der Waals surface area (Å²) in [6, 6.07) is 8.80. The molecule has 1 unspecified atom stereocenters. The number of aromatic nitrogens is 2. The van der Waals surface area contributed by atoms with Crippen molar-refractivity contribution in [1.82, 2.24) is 19.8 Å². The lowest BCUT2D eigenvalue weighted by molar-refractivity contribution is 0.303. The Kier molecular flexibility index (Phi) is 5.37. The number of para-hydroxylation sites is 2. The minimum Gasteiger partial charge on any atom is -0.330 e. The van der Waals surface area contributed by atoms with Gasteiger partial charge in [-0.3, -0.25) is 0 Å². The molecule has 0 aliphatic heterocycles. The molecule has 0 fully saturated rings. The van der Waals surface area contributed by atoms with Gasteiger partial charge in [-0.2, -0.15) is 0 Å². The Morgan fingerprint density at radius 2 is 1.95 bits per heavy atom. The third kappa shape index (κ3) is 4.29. The molecule has 0 aliphatic rings. The van der Waals surface area contributed by atoms with Crippen LogP contribution in [0, 0.1) is 5.92 Å². The summed E-state index contributed by atoms with van der Waals surface area (Å²) >= 11 is 0. The number of rotatable bonds is 7. The van der Waals surface area contributed by atoms with Crippen molar-refractivity contribution >= 4 is 11.0 Å². The first-order valence-corrected chi connectivity index (χ1v) is 7.75. The highest BCUT2D eigenvalue weighted by molar-refractivity contribution is 5.75. The summed E-state index contributed by atoms with van der Waals surface area (Å²) in [7, 11) is 6.35. The van der Waals surface area contributed by atoms with Crippen molar-refractivity contribution < 1.29 is 0 Å². The lowest BCUT2D eigenvalue weighted by atomic mass is 10.0. The second-order valence-electron chi connectivity index (χ2n) is 6.55. The minimum absolute atomic E-state index is 0.500. The number of benzene rings is 1. The molecule has 4 heteroatoms. The van der Waals surface area contributed by atoms with Crippen LogP contribution in [-0.2, 0) is 13.6 Å². The quantitative estimate of drug-likeness (QED) is 0.850. The fourth-order valence-electron chi connectivity index (χ4n) is 2.82. The van der Waals surface area contributed by atoms with Crippen LogP contribution in [0.25, 0.3) is 11.0 Å². The number of aryl methyl sites for hydroxylation is 1. The molecule has 0 radical (unpaired) electrons. The topological polar surface area (TPSA) is 33.1 Å². The lowest BCUT2D eigenvalue weighted by Gasteiger charge is -2.24. The van der Waals surface area contributed by atoms with Crippen molar-refractivity contribution in [2.45, 2.75) is 32.9 Å². The Morgan fingerprint density at radius 1 is 1.24 bits per heavy atom. The van der Waals surface area contributed by atoms with Crippen molar-refractivity contribution in [2.24, 2.45) is 13.0 Å². The Labute approximate surface area is 128 Å². The van der Waals surface area contributed by atoms with Crippen molar-refractivity contribution in [3.8, 4) is 0 Å². The summed E-state index contributed by atoms with van der Waals surface area (Å²) in [5, 5.41) is 3.68. The van der Waals surface area contributed by atoms with Gasteiger partial charge in [0.2, 0.25) is 0 Å². The van der Waals surface area contributed by atoms with Crippen LogP contribution in [0.4, 0.5) is 0 Å². The summed E-state index contributed by atoms with van der Waals surface area (Å²) in [6.07, 6.45) is 1.18. The van der Waals surface area contributed by atoms with Crippen LogP contribution in [0.2, 0.25) is 0 Å². The number of likely N-dealkylation sites (N-methyl/N-ethyl adjacent to an activating group) is 1. The van der Waals surface area contributed by atoms with Gasteiger partial charge in [-0.05, 0) is 38.6 Å². The van der Waals surface area contributed by atoms with Gasteiger partial charge in [0.25, 0.3) is 0 Å². The predicted molar refractivity (Wildman–Crippen MR) is 89.4 cm³/mol. The predicted octanol–water partition coefficient (Wildman–Crippen LogP) is 2.64. The second-order valence-corrected chi connectivity index (χ2v) is 6.55. The highest BCUT2D eigenvalue weighted by Gasteiger charge is 2.13. The van der Waals surface area contributed by atoms with E-state index >= 15 is 0 Å². The maximum atomic E-state index is 4.73. The monoisotopic (exact) mass is 288 g/mol. The maximum Gasteiger partial charge on any atom is 0.123 e. The highest BCUT2D eigenvalue weighted by atomic mass is 15.1. The first-order chi connectivity index (χ1) is 9.97. The Balaban J connectivity index is 2.06. The standard InChI is InChI=1S/C17H28N4/c1-13(2)10-14(12-20(3)4)18-11-17-19-15-8-6-7-9-16(15)21(17)5/h6-9,13-14,18H,10-12H2,1-5H3. The number of hydrogen-bond acceptors (Lipinski definition) is 3. The summed E-state index contributed by atoms with van der Waals surface area (Å²) < 4.78 is 2.18. The minimum atomic E-state index is 0.500. The molecule has 1 N–H and O–H groups in total. The molecule has 0 aliphatic carbocycles. The molecular formula is C17H28N4. The van der Waals surface area contributed by atoms with Crippen LogP contribution in [0.15, 0.2) is 24.3 Å². The molecule has 0 bridgehead atoms. The van der Waals surface area contributed by atoms with Gasteiger partial charge < -0.3 is 14.8 Å². The summed E-state index contributed by atoms with van der Waals surface area (Å²) in [4.78, 5) is 6.97. The van der Waals surface area contributed by atoms with E-state index in [1.807, 2.05) is 6.07 Å². The molecule has 0 amide bonds. The number of fused-ring (bicyclic) bond motifs is 1. The van der Waals surface area contributed by atoms with E-state index in [9.17, 15) is 0 Å². The van der Waals surface area contributed by atoms with Crippen LogP contribution >= 0.6 is 0 Å². The molecule has 21 heavy (non-hydrogen) atoms. The Hall–Kier alpha value is -1.39. The maximum absolute atomic E-state index is 4.73. The van der Waals surface area contributed by atoms with Crippen LogP contribution < -0.4 is 5.32 Å². The SMILES string of the molecule is CC(C)CC(CN(C)C)NCc1nc2ccccc2n1C. The van der Waals surface area contributed by atoms with Gasteiger partial charge >= 0.3 is 0 Å². The molecule has 116 valence electrons. The Morgan fingerprint density at radius 3 is 2.57 bits per heavy atom. The molecule has 0 saturated heterocycles. The summed E-state index contributed by atoms with van der Waals surface area (Å²) in [6.45, 7) is 6.43. The van der Waals surface area contributed by atoms with Crippen LogP contribution in [-0.4, -0.2) is 41.1 Å². The van der Waals surface area contributed by atoms with Crippen LogP contribution in [0.3, 0.4) is 0 Å². The highest BCUT2D eigenvalue weighted by Crippen LogP contribution is 2.14. The summed E-state index contributed by atoms with van der Waals surface area (Å²) in [5.41, 5.74) is 2.27. The van der Waals surface area contributed by atoms with Gasteiger partial charge in [0.05, 0.1) is 17.6 Å².